The second-order valence-electron chi connectivity index (χ2n) is 7.34. The Bertz CT molecular complexity index is 576. The number of amides is 1. The van der Waals surface area contributed by atoms with E-state index in [0.29, 0.717) is 6.54 Å². The Morgan fingerprint density at radius 2 is 2.04 bits per heavy atom. The third kappa shape index (κ3) is 6.79. The van der Waals surface area contributed by atoms with Crippen LogP contribution >= 0.6 is 0 Å². The van der Waals surface area contributed by atoms with E-state index in [2.05, 4.69) is 21.6 Å². The summed E-state index contributed by atoms with van der Waals surface area (Å²) in [6, 6.07) is 8.02. The molecule has 0 aromatic heterocycles. The summed E-state index contributed by atoms with van der Waals surface area (Å²) in [7, 11) is 0. The van der Waals surface area contributed by atoms with Gasteiger partial charge in [0.05, 0.1) is 25.9 Å². The summed E-state index contributed by atoms with van der Waals surface area (Å²) in [6.45, 7) is 7.10. The molecule has 2 N–H and O–H groups in total. The number of para-hydroxylation sites is 1. The van der Waals surface area contributed by atoms with E-state index in [4.69, 9.17) is 9.47 Å². The molecule has 2 heterocycles. The Labute approximate surface area is 162 Å². The normalized spacial score (nSPS) is 21.5. The van der Waals surface area contributed by atoms with Crippen molar-refractivity contribution in [2.24, 2.45) is 0 Å². The third-order valence-electron chi connectivity index (χ3n) is 5.28. The van der Waals surface area contributed by atoms with Crippen molar-refractivity contribution in [1.29, 1.82) is 0 Å². The van der Waals surface area contributed by atoms with E-state index in [1.165, 1.54) is 0 Å². The Morgan fingerprint density at radius 1 is 1.19 bits per heavy atom. The van der Waals surface area contributed by atoms with Crippen LogP contribution in [0.15, 0.2) is 24.3 Å². The number of nitrogens with one attached hydrogen (secondary N) is 2. The molecule has 2 fully saturated rings. The van der Waals surface area contributed by atoms with Crippen molar-refractivity contribution in [2.45, 2.75) is 44.7 Å². The highest BCUT2D eigenvalue weighted by Gasteiger charge is 2.20. The van der Waals surface area contributed by atoms with Gasteiger partial charge in [-0.2, -0.15) is 0 Å². The molecule has 2 aliphatic heterocycles. The lowest BCUT2D eigenvalue weighted by Gasteiger charge is -2.26. The van der Waals surface area contributed by atoms with Crippen LogP contribution in [0, 0.1) is 0 Å². The lowest BCUT2D eigenvalue weighted by molar-refractivity contribution is -0.122. The molecular weight excluding hydrogens is 342 g/mol. The summed E-state index contributed by atoms with van der Waals surface area (Å²) in [5.41, 5.74) is 1.11. The molecule has 2 saturated heterocycles. The van der Waals surface area contributed by atoms with Gasteiger partial charge in [-0.3, -0.25) is 9.69 Å². The van der Waals surface area contributed by atoms with E-state index in [1.807, 2.05) is 18.2 Å². The molecule has 1 atom stereocenters. The molecule has 150 valence electrons. The highest BCUT2D eigenvalue weighted by molar-refractivity contribution is 5.81. The monoisotopic (exact) mass is 375 g/mol. The Hall–Kier alpha value is -1.63. The molecule has 0 aliphatic carbocycles. The second kappa shape index (κ2) is 11.3. The van der Waals surface area contributed by atoms with Crippen molar-refractivity contribution in [2.75, 3.05) is 46.0 Å². The minimum Gasteiger partial charge on any atom is -0.493 e. The predicted molar refractivity (Wildman–Crippen MR) is 106 cm³/mol. The van der Waals surface area contributed by atoms with Crippen LogP contribution < -0.4 is 15.4 Å². The smallest absolute Gasteiger partial charge is 0.237 e. The Kier molecular flexibility index (Phi) is 8.39. The van der Waals surface area contributed by atoms with Gasteiger partial charge in [0, 0.05) is 31.7 Å². The largest absolute Gasteiger partial charge is 0.493 e. The quantitative estimate of drug-likeness (QED) is 0.646. The molecule has 1 aromatic carbocycles. The molecule has 1 aromatic rings. The van der Waals surface area contributed by atoms with Gasteiger partial charge < -0.3 is 20.1 Å². The van der Waals surface area contributed by atoms with Crippen LogP contribution in [0.4, 0.5) is 0 Å². The average Bonchev–Trinajstić information content (AvgIpc) is 2.92. The van der Waals surface area contributed by atoms with E-state index in [-0.39, 0.29) is 11.9 Å². The summed E-state index contributed by atoms with van der Waals surface area (Å²) in [5, 5.41) is 6.38. The van der Waals surface area contributed by atoms with Gasteiger partial charge >= 0.3 is 0 Å². The number of rotatable bonds is 9. The summed E-state index contributed by atoms with van der Waals surface area (Å²) in [5.74, 6) is 1.04. The fourth-order valence-corrected chi connectivity index (χ4v) is 3.60. The number of benzene rings is 1. The zero-order chi connectivity index (χ0) is 18.7. The number of nitrogens with zero attached hydrogens (tertiary/aromatic N) is 1. The minimum atomic E-state index is -0.103. The minimum absolute atomic E-state index is 0.103. The van der Waals surface area contributed by atoms with Crippen LogP contribution in [-0.4, -0.2) is 62.8 Å². The molecule has 6 nitrogen and oxygen atoms in total. The van der Waals surface area contributed by atoms with Gasteiger partial charge in [0.1, 0.15) is 5.75 Å². The van der Waals surface area contributed by atoms with Gasteiger partial charge in [-0.25, -0.2) is 0 Å². The SMILES string of the molecule is O=C1NCCCC[C@@H]1NCc1ccccc1OCCCCN1CCOCC1. The molecular formula is C21H33N3O3. The van der Waals surface area contributed by atoms with Gasteiger partial charge in [-0.1, -0.05) is 18.2 Å². The van der Waals surface area contributed by atoms with Crippen molar-refractivity contribution in [3.05, 3.63) is 29.8 Å². The van der Waals surface area contributed by atoms with Gasteiger partial charge in [-0.05, 0) is 44.7 Å². The Balaban J connectivity index is 1.39. The third-order valence-corrected chi connectivity index (χ3v) is 5.28. The van der Waals surface area contributed by atoms with Crippen molar-refractivity contribution >= 4 is 5.91 Å². The molecule has 1 amide bonds. The number of unbranched alkanes of at least 4 members (excludes halogenated alkanes) is 1. The van der Waals surface area contributed by atoms with Gasteiger partial charge in [-0.15, -0.1) is 0 Å². The number of ether oxygens (including phenoxy) is 2. The molecule has 0 spiro atoms. The van der Waals surface area contributed by atoms with Crippen LogP contribution in [0.2, 0.25) is 0 Å². The van der Waals surface area contributed by atoms with Gasteiger partial charge in [0.15, 0.2) is 0 Å². The van der Waals surface area contributed by atoms with Crippen LogP contribution in [0.3, 0.4) is 0 Å². The fraction of sp³-hybridized carbons (Fsp3) is 0.667. The number of carbonyl (C=O) groups is 1. The van der Waals surface area contributed by atoms with Crippen molar-refractivity contribution < 1.29 is 14.3 Å². The number of carbonyl (C=O) groups excluding carboxylic acids is 1. The molecule has 3 rings (SSSR count). The zero-order valence-electron chi connectivity index (χ0n) is 16.3. The summed E-state index contributed by atoms with van der Waals surface area (Å²) in [4.78, 5) is 14.5. The maximum atomic E-state index is 12.1. The van der Waals surface area contributed by atoms with Crippen LogP contribution in [0.5, 0.6) is 5.75 Å². The molecule has 27 heavy (non-hydrogen) atoms. The number of hydrogen-bond acceptors (Lipinski definition) is 5. The first-order chi connectivity index (χ1) is 13.3. The molecule has 0 bridgehead atoms. The summed E-state index contributed by atoms with van der Waals surface area (Å²) < 4.78 is 11.4. The number of hydrogen-bond donors (Lipinski definition) is 2. The molecule has 6 heteroatoms. The first-order valence-electron chi connectivity index (χ1n) is 10.3. The van der Waals surface area contributed by atoms with E-state index in [9.17, 15) is 4.79 Å². The van der Waals surface area contributed by atoms with Crippen LogP contribution in [0.25, 0.3) is 0 Å². The van der Waals surface area contributed by atoms with Crippen LogP contribution in [-0.2, 0) is 16.1 Å². The van der Waals surface area contributed by atoms with E-state index >= 15 is 0 Å². The lowest BCUT2D eigenvalue weighted by Crippen LogP contribution is -2.42. The van der Waals surface area contributed by atoms with Crippen molar-refractivity contribution in [3.63, 3.8) is 0 Å². The molecule has 0 saturated carbocycles. The maximum Gasteiger partial charge on any atom is 0.237 e. The van der Waals surface area contributed by atoms with E-state index < -0.39 is 0 Å². The standard InChI is InChI=1S/C21H33N3O3/c25-21-19(8-3-4-10-22-21)23-17-18-7-1-2-9-20(18)27-14-6-5-11-24-12-15-26-16-13-24/h1-2,7,9,19,23H,3-6,8,10-17H2,(H,22,25)/t19-/m0/s1. The first-order valence-corrected chi connectivity index (χ1v) is 10.3. The number of morpholine rings is 1. The average molecular weight is 376 g/mol. The Morgan fingerprint density at radius 3 is 2.93 bits per heavy atom. The van der Waals surface area contributed by atoms with Crippen molar-refractivity contribution in [1.82, 2.24) is 15.5 Å². The molecule has 2 aliphatic rings. The molecule has 0 unspecified atom stereocenters. The van der Waals surface area contributed by atoms with Gasteiger partial charge in [0.25, 0.3) is 0 Å². The summed E-state index contributed by atoms with van der Waals surface area (Å²) in [6.07, 6.45) is 5.23. The lowest BCUT2D eigenvalue weighted by atomic mass is 10.1. The van der Waals surface area contributed by atoms with Crippen LogP contribution in [0.1, 0.15) is 37.7 Å². The second-order valence-corrected chi connectivity index (χ2v) is 7.34. The fourth-order valence-electron chi connectivity index (χ4n) is 3.60. The first kappa shape index (κ1) is 20.1. The topological polar surface area (TPSA) is 62.8 Å². The van der Waals surface area contributed by atoms with E-state index in [1.54, 1.807) is 0 Å². The van der Waals surface area contributed by atoms with Gasteiger partial charge in [0.2, 0.25) is 5.91 Å². The predicted octanol–water partition coefficient (Wildman–Crippen LogP) is 1.94. The maximum absolute atomic E-state index is 12.1. The molecule has 0 radical (unpaired) electrons. The van der Waals surface area contributed by atoms with E-state index in [0.717, 1.165) is 89.4 Å². The van der Waals surface area contributed by atoms with Crippen molar-refractivity contribution in [3.8, 4) is 5.75 Å². The zero-order valence-corrected chi connectivity index (χ0v) is 16.3. The highest BCUT2D eigenvalue weighted by Crippen LogP contribution is 2.19. The highest BCUT2D eigenvalue weighted by atomic mass is 16.5. The summed E-state index contributed by atoms with van der Waals surface area (Å²) >= 11 is 0.